The van der Waals surface area contributed by atoms with Crippen LogP contribution in [0.5, 0.6) is 5.75 Å². The third-order valence-electron chi connectivity index (χ3n) is 3.84. The van der Waals surface area contributed by atoms with Crippen molar-refractivity contribution < 1.29 is 9.53 Å². The van der Waals surface area contributed by atoms with Gasteiger partial charge in [0.2, 0.25) is 0 Å². The monoisotopic (exact) mass is 434 g/mol. The second kappa shape index (κ2) is 7.59. The van der Waals surface area contributed by atoms with Gasteiger partial charge in [-0.05, 0) is 49.8 Å². The van der Waals surface area contributed by atoms with E-state index in [4.69, 9.17) is 17.0 Å². The molecule has 1 fully saturated rings. The lowest BCUT2D eigenvalue weighted by molar-refractivity contribution is -0.113. The highest BCUT2D eigenvalue weighted by Gasteiger charge is 2.34. The van der Waals surface area contributed by atoms with Crippen LogP contribution < -0.4 is 15.0 Å². The fraction of sp³-hybridized carbons (Fsp3) is 0.278. The number of anilines is 1. The van der Waals surface area contributed by atoms with E-state index >= 15 is 0 Å². The Bertz CT molecular complexity index is 907. The van der Waals surface area contributed by atoms with Gasteiger partial charge in [0.1, 0.15) is 11.4 Å². The van der Waals surface area contributed by atoms with Crippen LogP contribution in [0.4, 0.5) is 5.69 Å². The van der Waals surface area contributed by atoms with Crippen LogP contribution in [0.1, 0.15) is 24.6 Å². The summed E-state index contributed by atoms with van der Waals surface area (Å²) in [7, 11) is 1.81. The fourth-order valence-electron chi connectivity index (χ4n) is 2.69. The molecule has 6 nitrogen and oxygen atoms in total. The van der Waals surface area contributed by atoms with Crippen LogP contribution in [0.15, 0.2) is 34.6 Å². The van der Waals surface area contributed by atoms with E-state index in [1.54, 1.807) is 17.0 Å². The maximum Gasteiger partial charge on any atom is 0.281 e. The first-order chi connectivity index (χ1) is 12.4. The van der Waals surface area contributed by atoms with Gasteiger partial charge < -0.3 is 10.1 Å². The predicted molar refractivity (Wildman–Crippen MR) is 109 cm³/mol. The van der Waals surface area contributed by atoms with Gasteiger partial charge in [0.15, 0.2) is 5.11 Å². The Morgan fingerprint density at radius 3 is 2.85 bits per heavy atom. The first kappa shape index (κ1) is 18.6. The minimum Gasteiger partial charge on any atom is -0.493 e. The molecule has 1 saturated heterocycles. The second-order valence-electron chi connectivity index (χ2n) is 5.93. The number of halogens is 1. The second-order valence-corrected chi connectivity index (χ2v) is 7.24. The molecule has 136 valence electrons. The molecule has 0 bridgehead atoms. The standard InChI is InChI=1S/C18H19BrN4O2S/c1-4-7-25-16-6-5-13(19)8-12(16)9-14-17(24)23(18(26)20-14)15-10-22(3)21-11(15)2/h5-6,8-10H,4,7H2,1-3H3,(H,20,26)/b14-9+. The van der Waals surface area contributed by atoms with Crippen LogP contribution in [-0.2, 0) is 11.8 Å². The molecular formula is C18H19BrN4O2S. The summed E-state index contributed by atoms with van der Waals surface area (Å²) >= 11 is 8.83. The van der Waals surface area contributed by atoms with Gasteiger partial charge in [-0.15, -0.1) is 0 Å². The SMILES string of the molecule is CCCOc1ccc(Br)cc1/C=C1/NC(=S)N(c2cn(C)nc2C)C1=O. The number of benzene rings is 1. The normalized spacial score (nSPS) is 15.7. The van der Waals surface area contributed by atoms with E-state index in [0.717, 1.165) is 27.9 Å². The molecule has 0 atom stereocenters. The van der Waals surface area contributed by atoms with Crippen LogP contribution >= 0.6 is 28.1 Å². The van der Waals surface area contributed by atoms with Crippen molar-refractivity contribution in [1.82, 2.24) is 15.1 Å². The summed E-state index contributed by atoms with van der Waals surface area (Å²) in [4.78, 5) is 14.4. The third kappa shape index (κ3) is 3.66. The number of aromatic nitrogens is 2. The first-order valence-corrected chi connectivity index (χ1v) is 9.40. The molecule has 1 aromatic carbocycles. The highest BCUT2D eigenvalue weighted by Crippen LogP contribution is 2.29. The van der Waals surface area contributed by atoms with Crippen LogP contribution in [-0.4, -0.2) is 27.4 Å². The van der Waals surface area contributed by atoms with Gasteiger partial charge in [0.05, 0.1) is 18.0 Å². The molecule has 1 aliphatic rings. The van der Waals surface area contributed by atoms with Gasteiger partial charge in [-0.25, -0.2) is 4.90 Å². The van der Waals surface area contributed by atoms with E-state index in [0.29, 0.717) is 23.1 Å². The van der Waals surface area contributed by atoms with E-state index in [1.807, 2.05) is 39.1 Å². The fourth-order valence-corrected chi connectivity index (χ4v) is 3.36. The van der Waals surface area contributed by atoms with E-state index in [2.05, 4.69) is 26.3 Å². The average Bonchev–Trinajstić information content (AvgIpc) is 3.05. The lowest BCUT2D eigenvalue weighted by Gasteiger charge is -2.12. The summed E-state index contributed by atoms with van der Waals surface area (Å²) in [6, 6.07) is 5.70. The van der Waals surface area contributed by atoms with Crippen molar-refractivity contribution in [3.05, 3.63) is 45.8 Å². The number of aryl methyl sites for hydroxylation is 2. The van der Waals surface area contributed by atoms with Crippen LogP contribution in [0.2, 0.25) is 0 Å². The number of nitrogens with zero attached hydrogens (tertiary/aromatic N) is 3. The maximum absolute atomic E-state index is 12.9. The van der Waals surface area contributed by atoms with Crippen molar-refractivity contribution in [2.24, 2.45) is 7.05 Å². The maximum atomic E-state index is 12.9. The molecule has 8 heteroatoms. The van der Waals surface area contributed by atoms with E-state index in [9.17, 15) is 4.79 Å². The number of carbonyl (C=O) groups excluding carboxylic acids is 1. The van der Waals surface area contributed by atoms with Crippen molar-refractivity contribution in [3.8, 4) is 5.75 Å². The molecule has 0 spiro atoms. The molecule has 2 heterocycles. The Morgan fingerprint density at radius 1 is 1.42 bits per heavy atom. The van der Waals surface area contributed by atoms with Gasteiger partial charge in [0.25, 0.3) is 5.91 Å². The van der Waals surface area contributed by atoms with E-state index in [-0.39, 0.29) is 5.91 Å². The Balaban J connectivity index is 1.96. The summed E-state index contributed by atoms with van der Waals surface area (Å²) in [5.74, 6) is 0.506. The molecule has 0 saturated carbocycles. The Morgan fingerprint density at radius 2 is 2.19 bits per heavy atom. The molecule has 26 heavy (non-hydrogen) atoms. The molecule has 3 rings (SSSR count). The van der Waals surface area contributed by atoms with Crippen molar-refractivity contribution in [2.45, 2.75) is 20.3 Å². The summed E-state index contributed by atoms with van der Waals surface area (Å²) in [5, 5.41) is 7.62. The molecular weight excluding hydrogens is 416 g/mol. The van der Waals surface area contributed by atoms with Gasteiger partial charge in [-0.3, -0.25) is 9.48 Å². The number of rotatable bonds is 5. The number of amides is 1. The number of nitrogens with one attached hydrogen (secondary N) is 1. The molecule has 1 amide bonds. The summed E-state index contributed by atoms with van der Waals surface area (Å²) < 4.78 is 8.35. The van der Waals surface area contributed by atoms with Crippen molar-refractivity contribution in [3.63, 3.8) is 0 Å². The largest absolute Gasteiger partial charge is 0.493 e. The summed E-state index contributed by atoms with van der Waals surface area (Å²) in [5.41, 5.74) is 2.62. The quantitative estimate of drug-likeness (QED) is 0.575. The Labute approximate surface area is 165 Å². The number of ether oxygens (including phenoxy) is 1. The van der Waals surface area contributed by atoms with E-state index < -0.39 is 0 Å². The number of hydrogen-bond acceptors (Lipinski definition) is 4. The molecule has 1 aliphatic heterocycles. The average molecular weight is 435 g/mol. The molecule has 1 N–H and O–H groups in total. The lowest BCUT2D eigenvalue weighted by Crippen LogP contribution is -2.30. The number of hydrogen-bond donors (Lipinski definition) is 1. The van der Waals surface area contributed by atoms with E-state index in [1.165, 1.54) is 4.90 Å². The summed E-state index contributed by atoms with van der Waals surface area (Å²) in [6.07, 6.45) is 4.44. The minimum atomic E-state index is -0.215. The molecule has 1 aromatic heterocycles. The van der Waals surface area contributed by atoms with Crippen molar-refractivity contribution >= 4 is 50.9 Å². The van der Waals surface area contributed by atoms with Gasteiger partial charge in [-0.2, -0.15) is 5.10 Å². The van der Waals surface area contributed by atoms with Crippen molar-refractivity contribution in [2.75, 3.05) is 11.5 Å². The Kier molecular flexibility index (Phi) is 5.43. The van der Waals surface area contributed by atoms with Gasteiger partial charge in [-0.1, -0.05) is 22.9 Å². The highest BCUT2D eigenvalue weighted by molar-refractivity contribution is 9.10. The van der Waals surface area contributed by atoms with Crippen LogP contribution in [0, 0.1) is 6.92 Å². The number of thiocarbonyl (C=S) groups is 1. The smallest absolute Gasteiger partial charge is 0.281 e. The zero-order valence-electron chi connectivity index (χ0n) is 14.7. The van der Waals surface area contributed by atoms with Gasteiger partial charge >= 0.3 is 0 Å². The molecule has 0 aliphatic carbocycles. The van der Waals surface area contributed by atoms with Crippen molar-refractivity contribution in [1.29, 1.82) is 0 Å². The Hall–Kier alpha value is -2.19. The lowest BCUT2D eigenvalue weighted by atomic mass is 10.1. The predicted octanol–water partition coefficient (Wildman–Crippen LogP) is 3.54. The summed E-state index contributed by atoms with van der Waals surface area (Å²) in [6.45, 7) is 4.50. The van der Waals surface area contributed by atoms with Gasteiger partial charge in [0, 0.05) is 23.3 Å². The molecule has 2 aromatic rings. The topological polar surface area (TPSA) is 59.4 Å². The van der Waals surface area contributed by atoms with Crippen LogP contribution in [0.25, 0.3) is 6.08 Å². The zero-order chi connectivity index (χ0) is 18.8. The molecule has 0 unspecified atom stereocenters. The first-order valence-electron chi connectivity index (χ1n) is 8.20. The zero-order valence-corrected chi connectivity index (χ0v) is 17.1. The number of carbonyl (C=O) groups is 1. The highest BCUT2D eigenvalue weighted by atomic mass is 79.9. The minimum absolute atomic E-state index is 0.215. The third-order valence-corrected chi connectivity index (χ3v) is 4.62. The molecule has 0 radical (unpaired) electrons. The van der Waals surface area contributed by atoms with Crippen LogP contribution in [0.3, 0.4) is 0 Å².